The highest BCUT2D eigenvalue weighted by atomic mass is 19.1. The Morgan fingerprint density at radius 3 is 2.74 bits per heavy atom. The lowest BCUT2D eigenvalue weighted by atomic mass is 9.83. The standard InChI is InChI=1S/C16H18FNO/c1-2-18-10-15(11-3-6-13(19)7-4-11)14-9-12(17)5-8-16(14)18/h5,8-11H,2-4,6-7H2,1H3. The number of halogens is 1. The lowest BCUT2D eigenvalue weighted by Crippen LogP contribution is -2.12. The highest BCUT2D eigenvalue weighted by molar-refractivity contribution is 5.85. The summed E-state index contributed by atoms with van der Waals surface area (Å²) in [4.78, 5) is 11.4. The highest BCUT2D eigenvalue weighted by Crippen LogP contribution is 2.36. The molecule has 1 aromatic heterocycles. The number of fused-ring (bicyclic) bond motifs is 1. The zero-order valence-electron chi connectivity index (χ0n) is 11.2. The molecule has 1 fully saturated rings. The second-order valence-corrected chi connectivity index (χ2v) is 5.34. The lowest BCUT2D eigenvalue weighted by Gasteiger charge is -2.20. The molecule has 1 heterocycles. The van der Waals surface area contributed by atoms with E-state index in [9.17, 15) is 9.18 Å². The summed E-state index contributed by atoms with van der Waals surface area (Å²) in [5.74, 6) is 0.575. The molecule has 1 aromatic carbocycles. The van der Waals surface area contributed by atoms with Crippen LogP contribution in [0.15, 0.2) is 24.4 Å². The van der Waals surface area contributed by atoms with Gasteiger partial charge in [0.1, 0.15) is 11.6 Å². The third-order valence-electron chi connectivity index (χ3n) is 4.20. The van der Waals surface area contributed by atoms with Crippen LogP contribution in [-0.4, -0.2) is 10.4 Å². The van der Waals surface area contributed by atoms with Crippen molar-refractivity contribution in [3.05, 3.63) is 35.8 Å². The molecule has 0 spiro atoms. The third-order valence-corrected chi connectivity index (χ3v) is 4.20. The molecule has 19 heavy (non-hydrogen) atoms. The van der Waals surface area contributed by atoms with E-state index in [2.05, 4.69) is 17.7 Å². The molecule has 0 radical (unpaired) electrons. The van der Waals surface area contributed by atoms with Crippen LogP contribution in [0, 0.1) is 5.82 Å². The number of hydrogen-bond acceptors (Lipinski definition) is 1. The van der Waals surface area contributed by atoms with E-state index < -0.39 is 0 Å². The maximum absolute atomic E-state index is 13.5. The summed E-state index contributed by atoms with van der Waals surface area (Å²) >= 11 is 0. The summed E-state index contributed by atoms with van der Waals surface area (Å²) in [6.07, 6.45) is 5.28. The van der Waals surface area contributed by atoms with E-state index in [1.807, 2.05) is 6.07 Å². The monoisotopic (exact) mass is 259 g/mol. The summed E-state index contributed by atoms with van der Waals surface area (Å²) < 4.78 is 15.7. The Morgan fingerprint density at radius 2 is 2.05 bits per heavy atom. The summed E-state index contributed by atoms with van der Waals surface area (Å²) in [6.45, 7) is 2.98. The average molecular weight is 259 g/mol. The molecule has 0 bridgehead atoms. The molecule has 1 aliphatic rings. The molecular formula is C16H18FNO. The molecule has 0 saturated heterocycles. The molecule has 3 heteroatoms. The van der Waals surface area contributed by atoms with Gasteiger partial charge in [0.05, 0.1) is 0 Å². The molecule has 0 unspecified atom stereocenters. The van der Waals surface area contributed by atoms with Gasteiger partial charge in [-0.05, 0) is 49.4 Å². The van der Waals surface area contributed by atoms with Gasteiger partial charge in [-0.3, -0.25) is 4.79 Å². The Kier molecular flexibility index (Phi) is 3.13. The van der Waals surface area contributed by atoms with Gasteiger partial charge >= 0.3 is 0 Å². The first-order valence-corrected chi connectivity index (χ1v) is 6.99. The molecule has 2 nitrogen and oxygen atoms in total. The predicted octanol–water partition coefficient (Wildman–Crippen LogP) is 4.03. The number of carbonyl (C=O) groups excluding carboxylic acids is 1. The van der Waals surface area contributed by atoms with Gasteiger partial charge in [0.2, 0.25) is 0 Å². The van der Waals surface area contributed by atoms with Crippen LogP contribution in [0.2, 0.25) is 0 Å². The van der Waals surface area contributed by atoms with E-state index in [4.69, 9.17) is 0 Å². The molecule has 0 N–H and O–H groups in total. The first-order chi connectivity index (χ1) is 9.19. The molecule has 100 valence electrons. The van der Waals surface area contributed by atoms with Gasteiger partial charge in [0, 0.05) is 36.5 Å². The van der Waals surface area contributed by atoms with Crippen LogP contribution in [0.5, 0.6) is 0 Å². The van der Waals surface area contributed by atoms with Crippen LogP contribution >= 0.6 is 0 Å². The number of ketones is 1. The number of carbonyl (C=O) groups is 1. The number of aryl methyl sites for hydroxylation is 1. The Labute approximate surface area is 112 Å². The van der Waals surface area contributed by atoms with Crippen molar-refractivity contribution in [3.8, 4) is 0 Å². The van der Waals surface area contributed by atoms with Crippen LogP contribution < -0.4 is 0 Å². The number of aromatic nitrogens is 1. The fourth-order valence-corrected chi connectivity index (χ4v) is 3.13. The fraction of sp³-hybridized carbons (Fsp3) is 0.438. The van der Waals surface area contributed by atoms with Crippen LogP contribution in [-0.2, 0) is 11.3 Å². The second-order valence-electron chi connectivity index (χ2n) is 5.34. The van der Waals surface area contributed by atoms with Crippen molar-refractivity contribution >= 4 is 16.7 Å². The molecule has 0 atom stereocenters. The average Bonchev–Trinajstić information content (AvgIpc) is 2.77. The predicted molar refractivity (Wildman–Crippen MR) is 73.8 cm³/mol. The van der Waals surface area contributed by atoms with Gasteiger partial charge in [-0.25, -0.2) is 4.39 Å². The minimum absolute atomic E-state index is 0.186. The molecule has 1 aliphatic carbocycles. The first-order valence-electron chi connectivity index (χ1n) is 6.99. The van der Waals surface area contributed by atoms with E-state index >= 15 is 0 Å². The normalized spacial score (nSPS) is 17.3. The second kappa shape index (κ2) is 4.80. The summed E-state index contributed by atoms with van der Waals surface area (Å²) in [6, 6.07) is 5.00. The Balaban J connectivity index is 2.07. The molecule has 0 amide bonds. The zero-order chi connectivity index (χ0) is 13.4. The van der Waals surface area contributed by atoms with Crippen LogP contribution in [0.1, 0.15) is 44.1 Å². The number of Topliss-reactive ketones (excluding diaryl/α,β-unsaturated/α-hetero) is 1. The van der Waals surface area contributed by atoms with Gasteiger partial charge < -0.3 is 4.57 Å². The quantitative estimate of drug-likeness (QED) is 0.798. The van der Waals surface area contributed by atoms with Crippen molar-refractivity contribution in [2.45, 2.75) is 45.1 Å². The Hall–Kier alpha value is -1.64. The maximum Gasteiger partial charge on any atom is 0.132 e. The SMILES string of the molecule is CCn1cc(C2CCC(=O)CC2)c2cc(F)ccc21. The van der Waals surface area contributed by atoms with Gasteiger partial charge in [0.15, 0.2) is 0 Å². The van der Waals surface area contributed by atoms with Gasteiger partial charge in [-0.2, -0.15) is 0 Å². The zero-order valence-corrected chi connectivity index (χ0v) is 11.2. The minimum Gasteiger partial charge on any atom is -0.347 e. The van der Waals surface area contributed by atoms with Crippen molar-refractivity contribution in [2.75, 3.05) is 0 Å². The summed E-state index contributed by atoms with van der Waals surface area (Å²) in [5, 5.41) is 1.01. The Morgan fingerprint density at radius 1 is 1.32 bits per heavy atom. The van der Waals surface area contributed by atoms with Crippen molar-refractivity contribution in [1.82, 2.24) is 4.57 Å². The van der Waals surface area contributed by atoms with Gasteiger partial charge in [-0.15, -0.1) is 0 Å². The first kappa shape index (κ1) is 12.4. The summed E-state index contributed by atoms with van der Waals surface area (Å²) in [5.41, 5.74) is 2.31. The van der Waals surface area contributed by atoms with E-state index in [-0.39, 0.29) is 5.82 Å². The van der Waals surface area contributed by atoms with E-state index in [1.54, 1.807) is 6.07 Å². The summed E-state index contributed by atoms with van der Waals surface area (Å²) in [7, 11) is 0. The number of benzene rings is 1. The van der Waals surface area contributed by atoms with E-state index in [1.165, 1.54) is 11.6 Å². The topological polar surface area (TPSA) is 22.0 Å². The van der Waals surface area contributed by atoms with Crippen molar-refractivity contribution in [2.24, 2.45) is 0 Å². The van der Waals surface area contributed by atoms with Crippen molar-refractivity contribution < 1.29 is 9.18 Å². The molecule has 1 saturated carbocycles. The maximum atomic E-state index is 13.5. The van der Waals surface area contributed by atoms with E-state index in [0.29, 0.717) is 24.5 Å². The lowest BCUT2D eigenvalue weighted by molar-refractivity contribution is -0.120. The fourth-order valence-electron chi connectivity index (χ4n) is 3.13. The Bertz CT molecular complexity index is 619. The van der Waals surface area contributed by atoms with Crippen LogP contribution in [0.4, 0.5) is 4.39 Å². The van der Waals surface area contributed by atoms with Gasteiger partial charge in [0.25, 0.3) is 0 Å². The highest BCUT2D eigenvalue weighted by Gasteiger charge is 2.23. The third kappa shape index (κ3) is 2.18. The van der Waals surface area contributed by atoms with Crippen LogP contribution in [0.3, 0.4) is 0 Å². The largest absolute Gasteiger partial charge is 0.347 e. The van der Waals surface area contributed by atoms with Crippen LogP contribution in [0.25, 0.3) is 10.9 Å². The molecular weight excluding hydrogens is 241 g/mol. The number of nitrogens with zero attached hydrogens (tertiary/aromatic N) is 1. The molecule has 0 aliphatic heterocycles. The van der Waals surface area contributed by atoms with E-state index in [0.717, 1.165) is 30.3 Å². The van der Waals surface area contributed by atoms with Crippen molar-refractivity contribution in [1.29, 1.82) is 0 Å². The smallest absolute Gasteiger partial charge is 0.132 e. The van der Waals surface area contributed by atoms with Gasteiger partial charge in [-0.1, -0.05) is 0 Å². The number of hydrogen-bond donors (Lipinski definition) is 0. The van der Waals surface area contributed by atoms with Crippen molar-refractivity contribution in [3.63, 3.8) is 0 Å². The number of rotatable bonds is 2. The molecule has 3 rings (SSSR count). The minimum atomic E-state index is -0.186. The molecule has 2 aromatic rings.